The summed E-state index contributed by atoms with van der Waals surface area (Å²) in [5.74, 6) is 0.512. The van der Waals surface area contributed by atoms with Crippen molar-refractivity contribution in [3.8, 4) is 0 Å². The summed E-state index contributed by atoms with van der Waals surface area (Å²) < 4.78 is 6.53. The maximum absolute atomic E-state index is 10.6. The van der Waals surface area contributed by atoms with Gasteiger partial charge in [0, 0.05) is 6.10 Å². The molecule has 1 saturated carbocycles. The maximum atomic E-state index is 10.6. The highest BCUT2D eigenvalue weighted by molar-refractivity contribution is 6.74. The molecule has 0 spiro atoms. The van der Waals surface area contributed by atoms with Gasteiger partial charge in [-0.2, -0.15) is 0 Å². The van der Waals surface area contributed by atoms with Gasteiger partial charge >= 0.3 is 0 Å². The van der Waals surface area contributed by atoms with E-state index in [2.05, 4.69) is 39.9 Å². The van der Waals surface area contributed by atoms with Gasteiger partial charge in [-0.25, -0.2) is 0 Å². The molecule has 2 aliphatic rings. The lowest BCUT2D eigenvalue weighted by atomic mass is 9.80. The first-order chi connectivity index (χ1) is 10.2. The second-order valence-electron chi connectivity index (χ2n) is 8.90. The van der Waals surface area contributed by atoms with Crippen LogP contribution in [0.3, 0.4) is 0 Å². The van der Waals surface area contributed by atoms with Gasteiger partial charge < -0.3 is 9.53 Å². The van der Waals surface area contributed by atoms with Crippen molar-refractivity contribution in [1.82, 2.24) is 0 Å². The molecule has 3 heteroatoms. The van der Waals surface area contributed by atoms with Crippen LogP contribution in [0.2, 0.25) is 18.1 Å². The third kappa shape index (κ3) is 4.45. The molecule has 0 aromatic heterocycles. The molecule has 128 valence electrons. The van der Waals surface area contributed by atoms with Gasteiger partial charge in [0.15, 0.2) is 8.32 Å². The van der Waals surface area contributed by atoms with Crippen LogP contribution < -0.4 is 0 Å². The van der Waals surface area contributed by atoms with Crippen molar-refractivity contribution in [2.24, 2.45) is 5.92 Å². The van der Waals surface area contributed by atoms with Crippen molar-refractivity contribution in [1.29, 1.82) is 0 Å². The van der Waals surface area contributed by atoms with E-state index in [1.165, 1.54) is 37.7 Å². The standard InChI is InChI=1S/C19H36O2Si/c1-19(2,3)22(4,5)21-17-13-11-16(12-14-17)18(20)15-9-7-6-8-10-15/h11,15,17-18,20H,6-10,12-14H2,1-5H3. The maximum Gasteiger partial charge on any atom is 0.192 e. The second kappa shape index (κ2) is 7.19. The Morgan fingerprint density at radius 3 is 2.27 bits per heavy atom. The van der Waals surface area contributed by atoms with E-state index in [-0.39, 0.29) is 11.1 Å². The molecule has 2 aliphatic carbocycles. The molecule has 0 radical (unpaired) electrons. The van der Waals surface area contributed by atoms with E-state index in [1.54, 1.807) is 0 Å². The van der Waals surface area contributed by atoms with Crippen LogP contribution in [0.1, 0.15) is 72.1 Å². The Bertz CT molecular complexity index is 389. The molecule has 1 N–H and O–H groups in total. The highest BCUT2D eigenvalue weighted by Crippen LogP contribution is 2.40. The largest absolute Gasteiger partial charge is 0.414 e. The van der Waals surface area contributed by atoms with E-state index >= 15 is 0 Å². The van der Waals surface area contributed by atoms with Crippen LogP contribution in [0.4, 0.5) is 0 Å². The third-order valence-electron chi connectivity index (χ3n) is 6.14. The summed E-state index contributed by atoms with van der Waals surface area (Å²) in [4.78, 5) is 0. The van der Waals surface area contributed by atoms with Crippen LogP contribution >= 0.6 is 0 Å². The summed E-state index contributed by atoms with van der Waals surface area (Å²) in [5, 5.41) is 10.9. The van der Waals surface area contributed by atoms with Crippen molar-refractivity contribution < 1.29 is 9.53 Å². The second-order valence-corrected chi connectivity index (χ2v) is 13.7. The highest BCUT2D eigenvalue weighted by atomic mass is 28.4. The predicted molar refractivity (Wildman–Crippen MR) is 96.6 cm³/mol. The number of aliphatic hydroxyl groups is 1. The Labute approximate surface area is 138 Å². The van der Waals surface area contributed by atoms with E-state index in [1.807, 2.05) is 0 Å². The van der Waals surface area contributed by atoms with Crippen molar-refractivity contribution in [3.63, 3.8) is 0 Å². The van der Waals surface area contributed by atoms with E-state index in [4.69, 9.17) is 4.43 Å². The summed E-state index contributed by atoms with van der Waals surface area (Å²) >= 11 is 0. The third-order valence-corrected chi connectivity index (χ3v) is 10.7. The zero-order valence-electron chi connectivity index (χ0n) is 15.3. The van der Waals surface area contributed by atoms with Crippen LogP contribution in [-0.2, 0) is 4.43 Å². The summed E-state index contributed by atoms with van der Waals surface area (Å²) in [7, 11) is -1.67. The minimum Gasteiger partial charge on any atom is -0.414 e. The van der Waals surface area contributed by atoms with Gasteiger partial charge in [-0.1, -0.05) is 46.1 Å². The molecule has 0 amide bonds. The van der Waals surface area contributed by atoms with Gasteiger partial charge in [0.2, 0.25) is 0 Å². The minimum atomic E-state index is -1.67. The Kier molecular flexibility index (Phi) is 5.95. The van der Waals surface area contributed by atoms with Crippen molar-refractivity contribution in [2.75, 3.05) is 0 Å². The Hall–Kier alpha value is -0.123. The topological polar surface area (TPSA) is 29.5 Å². The molecule has 2 rings (SSSR count). The summed E-state index contributed by atoms with van der Waals surface area (Å²) in [6, 6.07) is 0. The Balaban J connectivity index is 1.89. The Morgan fingerprint density at radius 1 is 1.14 bits per heavy atom. The molecular weight excluding hydrogens is 288 g/mol. The molecule has 0 aliphatic heterocycles. The molecule has 2 atom stereocenters. The quantitative estimate of drug-likeness (QED) is 0.552. The fraction of sp³-hybridized carbons (Fsp3) is 0.895. The monoisotopic (exact) mass is 324 g/mol. The van der Waals surface area contributed by atoms with E-state index in [0.29, 0.717) is 12.0 Å². The number of hydrogen-bond acceptors (Lipinski definition) is 2. The van der Waals surface area contributed by atoms with Gasteiger partial charge in [0.05, 0.1) is 6.10 Å². The minimum absolute atomic E-state index is 0.186. The van der Waals surface area contributed by atoms with E-state index in [0.717, 1.165) is 19.3 Å². The summed E-state index contributed by atoms with van der Waals surface area (Å²) in [5.41, 5.74) is 1.29. The number of rotatable bonds is 4. The molecule has 0 aromatic carbocycles. The molecular formula is C19H36O2Si. The molecule has 2 nitrogen and oxygen atoms in total. The van der Waals surface area contributed by atoms with Crippen molar-refractivity contribution >= 4 is 8.32 Å². The predicted octanol–water partition coefficient (Wildman–Crippen LogP) is 5.43. The molecule has 0 saturated heterocycles. The van der Waals surface area contributed by atoms with Crippen LogP contribution in [0.15, 0.2) is 11.6 Å². The van der Waals surface area contributed by atoms with Gasteiger partial charge in [-0.3, -0.25) is 0 Å². The van der Waals surface area contributed by atoms with Crippen LogP contribution in [0.5, 0.6) is 0 Å². The van der Waals surface area contributed by atoms with E-state index < -0.39 is 8.32 Å². The summed E-state index contributed by atoms with van der Waals surface area (Å²) in [6.45, 7) is 11.6. The SMILES string of the molecule is CC(C)(C)[Si](C)(C)OC1CC=C(C(O)C2CCCCC2)CC1. The van der Waals surface area contributed by atoms with Crippen LogP contribution in [0.25, 0.3) is 0 Å². The lowest BCUT2D eigenvalue weighted by molar-refractivity contribution is 0.102. The highest BCUT2D eigenvalue weighted by Gasteiger charge is 2.39. The molecule has 1 fully saturated rings. The fourth-order valence-electron chi connectivity index (χ4n) is 3.55. The lowest BCUT2D eigenvalue weighted by Gasteiger charge is -2.40. The smallest absolute Gasteiger partial charge is 0.192 e. The number of aliphatic hydroxyl groups excluding tert-OH is 1. The molecule has 0 heterocycles. The van der Waals surface area contributed by atoms with Crippen molar-refractivity contribution in [3.05, 3.63) is 11.6 Å². The average Bonchev–Trinajstić information content (AvgIpc) is 2.47. The normalized spacial score (nSPS) is 26.6. The van der Waals surface area contributed by atoms with E-state index in [9.17, 15) is 5.11 Å². The first kappa shape index (κ1) is 18.2. The first-order valence-electron chi connectivity index (χ1n) is 9.25. The Morgan fingerprint density at radius 2 is 1.77 bits per heavy atom. The van der Waals surface area contributed by atoms with Gasteiger partial charge in [-0.15, -0.1) is 0 Å². The zero-order chi connectivity index (χ0) is 16.4. The lowest BCUT2D eigenvalue weighted by Crippen LogP contribution is -2.44. The van der Waals surface area contributed by atoms with Gasteiger partial charge in [0.25, 0.3) is 0 Å². The molecule has 2 unspecified atom stereocenters. The summed E-state index contributed by atoms with van der Waals surface area (Å²) in [6.07, 6.45) is 11.9. The molecule has 0 aromatic rings. The van der Waals surface area contributed by atoms with Gasteiger partial charge in [0.1, 0.15) is 0 Å². The van der Waals surface area contributed by atoms with Crippen LogP contribution in [0, 0.1) is 5.92 Å². The fourth-order valence-corrected chi connectivity index (χ4v) is 4.95. The van der Waals surface area contributed by atoms with Crippen LogP contribution in [-0.4, -0.2) is 25.6 Å². The molecule has 22 heavy (non-hydrogen) atoms. The van der Waals surface area contributed by atoms with Crippen molar-refractivity contribution in [2.45, 2.75) is 102 Å². The average molecular weight is 325 g/mol. The molecule has 0 bridgehead atoms. The number of hydrogen-bond donors (Lipinski definition) is 1. The van der Waals surface area contributed by atoms with Gasteiger partial charge in [-0.05, 0) is 61.7 Å². The zero-order valence-corrected chi connectivity index (χ0v) is 16.3. The first-order valence-corrected chi connectivity index (χ1v) is 12.2.